The first-order valence-corrected chi connectivity index (χ1v) is 8.97. The molecule has 0 radical (unpaired) electrons. The van der Waals surface area contributed by atoms with Gasteiger partial charge in [0.1, 0.15) is 10.0 Å². The summed E-state index contributed by atoms with van der Waals surface area (Å²) in [7, 11) is 1.45. The predicted molar refractivity (Wildman–Crippen MR) is 79.7 cm³/mol. The molecule has 0 bridgehead atoms. The van der Waals surface area contributed by atoms with E-state index in [0.29, 0.717) is 4.88 Å². The van der Waals surface area contributed by atoms with Gasteiger partial charge >= 0.3 is 0 Å². The maximum absolute atomic E-state index is 13.6. The molecule has 0 unspecified atom stereocenters. The quantitative estimate of drug-likeness (QED) is 0.864. The van der Waals surface area contributed by atoms with Gasteiger partial charge in [-0.2, -0.15) is 0 Å². The second-order valence-corrected chi connectivity index (χ2v) is 8.29. The highest BCUT2D eigenvalue weighted by atomic mass is 35.7. The first-order chi connectivity index (χ1) is 9.77. The second-order valence-electron chi connectivity index (χ2n) is 4.32. The Bertz CT molecular complexity index is 786. The van der Waals surface area contributed by atoms with Crippen LogP contribution in [0.4, 0.5) is 4.39 Å². The Morgan fingerprint density at radius 1 is 1.33 bits per heavy atom. The smallest absolute Gasteiger partial charge is 0.270 e. The van der Waals surface area contributed by atoms with Crippen molar-refractivity contribution in [1.82, 2.24) is 5.32 Å². The molecule has 2 aromatic rings. The SMILES string of the molecule is Cc1ccc(C(=O)NCc2ccc(S(=O)(=O)Cl)s2)c(F)c1. The Hall–Kier alpha value is -1.44. The summed E-state index contributed by atoms with van der Waals surface area (Å²) in [4.78, 5) is 12.5. The molecule has 1 amide bonds. The van der Waals surface area contributed by atoms with E-state index in [4.69, 9.17) is 10.7 Å². The molecule has 0 spiro atoms. The summed E-state index contributed by atoms with van der Waals surface area (Å²) in [6.45, 7) is 1.83. The van der Waals surface area contributed by atoms with Crippen molar-refractivity contribution in [3.05, 3.63) is 52.2 Å². The number of benzene rings is 1. The van der Waals surface area contributed by atoms with Crippen LogP contribution < -0.4 is 5.32 Å². The van der Waals surface area contributed by atoms with Gasteiger partial charge in [-0.05, 0) is 36.8 Å². The van der Waals surface area contributed by atoms with E-state index < -0.39 is 20.8 Å². The van der Waals surface area contributed by atoms with E-state index in [0.717, 1.165) is 16.9 Å². The van der Waals surface area contributed by atoms with Crippen molar-refractivity contribution in [2.24, 2.45) is 0 Å². The van der Waals surface area contributed by atoms with E-state index >= 15 is 0 Å². The van der Waals surface area contributed by atoms with Gasteiger partial charge in [0.2, 0.25) is 0 Å². The average Bonchev–Trinajstić information content (AvgIpc) is 2.84. The topological polar surface area (TPSA) is 63.2 Å². The zero-order chi connectivity index (χ0) is 15.6. The number of amides is 1. The summed E-state index contributed by atoms with van der Waals surface area (Å²) in [5.74, 6) is -1.15. The molecule has 1 heterocycles. The molecule has 1 aromatic heterocycles. The highest BCUT2D eigenvalue weighted by Crippen LogP contribution is 2.24. The maximum atomic E-state index is 13.6. The summed E-state index contributed by atoms with van der Waals surface area (Å²) in [6.07, 6.45) is 0. The van der Waals surface area contributed by atoms with Crippen molar-refractivity contribution >= 4 is 37.0 Å². The van der Waals surface area contributed by atoms with Gasteiger partial charge in [-0.1, -0.05) is 6.07 Å². The molecule has 4 nitrogen and oxygen atoms in total. The number of hydrogen-bond donors (Lipinski definition) is 1. The summed E-state index contributed by atoms with van der Waals surface area (Å²) < 4.78 is 35.9. The lowest BCUT2D eigenvalue weighted by Crippen LogP contribution is -2.23. The van der Waals surface area contributed by atoms with Gasteiger partial charge in [-0.15, -0.1) is 11.3 Å². The lowest BCUT2D eigenvalue weighted by atomic mass is 10.1. The van der Waals surface area contributed by atoms with E-state index in [2.05, 4.69) is 5.32 Å². The minimum absolute atomic E-state index is 0.00920. The van der Waals surface area contributed by atoms with Gasteiger partial charge in [0.05, 0.1) is 12.1 Å². The molecule has 0 saturated carbocycles. The van der Waals surface area contributed by atoms with Gasteiger partial charge in [-0.25, -0.2) is 12.8 Å². The highest BCUT2D eigenvalue weighted by molar-refractivity contribution is 8.15. The molecular formula is C13H11ClFNO3S2. The van der Waals surface area contributed by atoms with Gasteiger partial charge < -0.3 is 5.32 Å². The van der Waals surface area contributed by atoms with Crippen LogP contribution in [-0.4, -0.2) is 14.3 Å². The fraction of sp³-hybridized carbons (Fsp3) is 0.154. The van der Waals surface area contributed by atoms with E-state index in [9.17, 15) is 17.6 Å². The van der Waals surface area contributed by atoms with E-state index in [1.807, 2.05) is 0 Å². The minimum Gasteiger partial charge on any atom is -0.347 e. The predicted octanol–water partition coefficient (Wildman–Crippen LogP) is 3.05. The van der Waals surface area contributed by atoms with Gasteiger partial charge in [0.15, 0.2) is 0 Å². The summed E-state index contributed by atoms with van der Waals surface area (Å²) >= 11 is 0.955. The summed E-state index contributed by atoms with van der Waals surface area (Å²) in [5, 5.41) is 2.53. The number of halogens is 2. The van der Waals surface area contributed by atoms with Crippen LogP contribution in [0.15, 0.2) is 34.5 Å². The van der Waals surface area contributed by atoms with Crippen LogP contribution in [0.3, 0.4) is 0 Å². The molecule has 0 aliphatic heterocycles. The second kappa shape index (κ2) is 6.13. The molecule has 112 valence electrons. The van der Waals surface area contributed by atoms with Crippen LogP contribution in [0.2, 0.25) is 0 Å². The number of hydrogen-bond acceptors (Lipinski definition) is 4. The van der Waals surface area contributed by atoms with E-state index in [1.165, 1.54) is 18.2 Å². The Morgan fingerprint density at radius 3 is 2.62 bits per heavy atom. The number of aryl methyl sites for hydroxylation is 1. The molecule has 21 heavy (non-hydrogen) atoms. The van der Waals surface area contributed by atoms with Crippen LogP contribution >= 0.6 is 22.0 Å². The van der Waals surface area contributed by atoms with Crippen LogP contribution in [-0.2, 0) is 15.6 Å². The Morgan fingerprint density at radius 2 is 2.05 bits per heavy atom. The van der Waals surface area contributed by atoms with Crippen molar-refractivity contribution < 1.29 is 17.6 Å². The highest BCUT2D eigenvalue weighted by Gasteiger charge is 2.15. The molecular weight excluding hydrogens is 337 g/mol. The van der Waals surface area contributed by atoms with Gasteiger partial charge in [0, 0.05) is 15.6 Å². The van der Waals surface area contributed by atoms with Gasteiger partial charge in [-0.3, -0.25) is 4.79 Å². The number of nitrogens with one attached hydrogen (secondary N) is 1. The summed E-state index contributed by atoms with van der Waals surface area (Å²) in [6, 6.07) is 7.23. The lowest BCUT2D eigenvalue weighted by Gasteiger charge is -2.05. The molecule has 1 N–H and O–H groups in total. The Labute approximate surface area is 130 Å². The van der Waals surface area contributed by atoms with Crippen molar-refractivity contribution in [1.29, 1.82) is 0 Å². The van der Waals surface area contributed by atoms with Crippen LogP contribution in [0, 0.1) is 12.7 Å². The minimum atomic E-state index is -3.77. The number of thiophene rings is 1. The van der Waals surface area contributed by atoms with E-state index in [-0.39, 0.29) is 16.3 Å². The number of carbonyl (C=O) groups excluding carboxylic acids is 1. The first kappa shape index (κ1) is 15.9. The molecule has 0 atom stereocenters. The average molecular weight is 348 g/mol. The first-order valence-electron chi connectivity index (χ1n) is 5.85. The summed E-state index contributed by atoms with van der Waals surface area (Å²) in [5.41, 5.74) is 0.668. The third-order valence-corrected chi connectivity index (χ3v) is 5.85. The Kier molecular flexibility index (Phi) is 4.65. The number of rotatable bonds is 4. The third kappa shape index (κ3) is 4.03. The standard InChI is InChI=1S/C13H11ClFNO3S2/c1-8-2-4-10(11(15)6-8)13(17)16-7-9-3-5-12(20-9)21(14,18)19/h2-6H,7H2,1H3,(H,16,17). The van der Waals surface area contributed by atoms with Crippen molar-refractivity contribution in [2.75, 3.05) is 0 Å². The van der Waals surface area contributed by atoms with Crippen molar-refractivity contribution in [3.63, 3.8) is 0 Å². The fourth-order valence-electron chi connectivity index (χ4n) is 1.65. The van der Waals surface area contributed by atoms with Crippen LogP contribution in [0.25, 0.3) is 0 Å². The van der Waals surface area contributed by atoms with Gasteiger partial charge in [0.25, 0.3) is 15.0 Å². The molecule has 0 aliphatic rings. The normalized spacial score (nSPS) is 11.4. The molecule has 1 aromatic carbocycles. The van der Waals surface area contributed by atoms with Crippen LogP contribution in [0.1, 0.15) is 20.8 Å². The zero-order valence-electron chi connectivity index (χ0n) is 10.9. The van der Waals surface area contributed by atoms with Crippen LogP contribution in [0.5, 0.6) is 0 Å². The largest absolute Gasteiger partial charge is 0.347 e. The molecule has 0 saturated heterocycles. The molecule has 0 fully saturated rings. The molecule has 2 rings (SSSR count). The third-order valence-electron chi connectivity index (χ3n) is 2.67. The Balaban J connectivity index is 2.06. The van der Waals surface area contributed by atoms with E-state index in [1.54, 1.807) is 19.1 Å². The monoisotopic (exact) mass is 347 g/mol. The molecule has 8 heteroatoms. The lowest BCUT2D eigenvalue weighted by molar-refractivity contribution is 0.0947. The fourth-order valence-corrected chi connectivity index (χ4v) is 3.71. The number of carbonyl (C=O) groups is 1. The van der Waals surface area contributed by atoms with Crippen molar-refractivity contribution in [2.45, 2.75) is 17.7 Å². The molecule has 0 aliphatic carbocycles. The van der Waals surface area contributed by atoms with Crippen molar-refractivity contribution in [3.8, 4) is 0 Å². The maximum Gasteiger partial charge on any atom is 0.270 e. The zero-order valence-corrected chi connectivity index (χ0v) is 13.3.